The second-order valence-electron chi connectivity index (χ2n) is 3.79. The van der Waals surface area contributed by atoms with Crippen molar-refractivity contribution in [2.45, 2.75) is 37.1 Å². The van der Waals surface area contributed by atoms with Crippen LogP contribution in [-0.4, -0.2) is 75.9 Å². The van der Waals surface area contributed by atoms with Gasteiger partial charge in [-0.05, 0) is 13.0 Å². The zero-order chi connectivity index (χ0) is 12.1. The summed E-state index contributed by atoms with van der Waals surface area (Å²) >= 11 is 0. The maximum absolute atomic E-state index is 9.68. The Morgan fingerprint density at radius 3 is 2.31 bits per heavy atom. The van der Waals surface area contributed by atoms with Gasteiger partial charge < -0.3 is 35.6 Å². The second kappa shape index (κ2) is 6.45. The van der Waals surface area contributed by atoms with E-state index >= 15 is 0 Å². The van der Waals surface area contributed by atoms with E-state index in [0.29, 0.717) is 13.0 Å². The van der Waals surface area contributed by atoms with Gasteiger partial charge >= 0.3 is 0 Å². The van der Waals surface area contributed by atoms with Gasteiger partial charge in [0.05, 0.1) is 12.6 Å². The van der Waals surface area contributed by atoms with Gasteiger partial charge in [-0.15, -0.1) is 0 Å². The topological polar surface area (TPSA) is 122 Å². The van der Waals surface area contributed by atoms with Crippen LogP contribution in [0.5, 0.6) is 0 Å². The molecule has 1 heterocycles. The Hall–Kier alpha value is -0.280. The molecule has 96 valence electrons. The largest absolute Gasteiger partial charge is 0.396 e. The van der Waals surface area contributed by atoms with Crippen LogP contribution in [0.4, 0.5) is 0 Å². The molecule has 7 heteroatoms. The summed E-state index contributed by atoms with van der Waals surface area (Å²) in [4.78, 5) is 0. The third-order valence-electron chi connectivity index (χ3n) is 2.62. The molecule has 0 saturated carbocycles. The standard InChI is InChI=1S/C9H19NO6/c11-3-1-2-10-6-8(14)7(13)5(4-12)16-9(6)15/h5-15H,1-4H2/t5-,6-,7-,8-,9-/m1/s1. The quantitative estimate of drug-likeness (QED) is 0.278. The van der Waals surface area contributed by atoms with E-state index in [9.17, 15) is 15.3 Å². The van der Waals surface area contributed by atoms with Gasteiger partial charge in [0.15, 0.2) is 6.29 Å². The molecule has 5 atom stereocenters. The van der Waals surface area contributed by atoms with Crippen LogP contribution in [-0.2, 0) is 4.74 Å². The molecule has 7 nitrogen and oxygen atoms in total. The van der Waals surface area contributed by atoms with E-state index in [1.165, 1.54) is 0 Å². The van der Waals surface area contributed by atoms with Crippen LogP contribution in [0.15, 0.2) is 0 Å². The summed E-state index contributed by atoms with van der Waals surface area (Å²) in [6.45, 7) is -0.0949. The molecule has 0 aliphatic carbocycles. The Morgan fingerprint density at radius 2 is 1.75 bits per heavy atom. The molecule has 0 aromatic carbocycles. The third-order valence-corrected chi connectivity index (χ3v) is 2.62. The lowest BCUT2D eigenvalue weighted by Gasteiger charge is -2.40. The Kier molecular flexibility index (Phi) is 5.56. The van der Waals surface area contributed by atoms with E-state index in [0.717, 1.165) is 0 Å². The Bertz CT molecular complexity index is 204. The van der Waals surface area contributed by atoms with Gasteiger partial charge in [0.1, 0.15) is 18.3 Å². The number of nitrogens with one attached hydrogen (secondary N) is 1. The van der Waals surface area contributed by atoms with Gasteiger partial charge in [-0.2, -0.15) is 0 Å². The molecule has 0 radical (unpaired) electrons. The predicted molar refractivity (Wildman–Crippen MR) is 53.5 cm³/mol. The molecular weight excluding hydrogens is 218 g/mol. The lowest BCUT2D eigenvalue weighted by Crippen LogP contribution is -2.63. The summed E-state index contributed by atoms with van der Waals surface area (Å²) in [5.74, 6) is 0. The first-order valence-corrected chi connectivity index (χ1v) is 5.26. The normalized spacial score (nSPS) is 39.9. The van der Waals surface area contributed by atoms with Crippen LogP contribution in [0, 0.1) is 0 Å². The molecule has 0 aromatic heterocycles. The van der Waals surface area contributed by atoms with Crippen molar-refractivity contribution >= 4 is 0 Å². The average molecular weight is 237 g/mol. The molecule has 1 aliphatic heterocycles. The molecule has 0 spiro atoms. The SMILES string of the molecule is OCCCN[C@@H]1[C@@H](O)[C@H](O)[C@@H](CO)O[C@H]1O. The molecule has 1 aliphatic rings. The van der Waals surface area contributed by atoms with Crippen molar-refractivity contribution in [2.24, 2.45) is 0 Å². The molecule has 6 N–H and O–H groups in total. The van der Waals surface area contributed by atoms with Crippen molar-refractivity contribution in [3.05, 3.63) is 0 Å². The highest BCUT2D eigenvalue weighted by molar-refractivity contribution is 4.92. The zero-order valence-electron chi connectivity index (χ0n) is 8.86. The monoisotopic (exact) mass is 237 g/mol. The number of hydrogen-bond acceptors (Lipinski definition) is 7. The van der Waals surface area contributed by atoms with Crippen molar-refractivity contribution in [1.29, 1.82) is 0 Å². The number of hydrogen-bond donors (Lipinski definition) is 6. The van der Waals surface area contributed by atoms with E-state index in [1.807, 2.05) is 0 Å². The first-order chi connectivity index (χ1) is 7.61. The number of aliphatic hydroxyl groups is 5. The zero-order valence-corrected chi connectivity index (χ0v) is 8.86. The minimum absolute atomic E-state index is 0.00537. The highest BCUT2D eigenvalue weighted by Gasteiger charge is 2.43. The first kappa shape index (κ1) is 13.8. The summed E-state index contributed by atoms with van der Waals surface area (Å²) < 4.78 is 4.93. The van der Waals surface area contributed by atoms with Crippen molar-refractivity contribution in [1.82, 2.24) is 5.32 Å². The molecular formula is C9H19NO6. The summed E-state index contributed by atoms with van der Waals surface area (Å²) in [6, 6.07) is -0.829. The van der Waals surface area contributed by atoms with Crippen LogP contribution in [0.1, 0.15) is 6.42 Å². The minimum Gasteiger partial charge on any atom is -0.396 e. The fourth-order valence-corrected chi connectivity index (χ4v) is 1.67. The maximum atomic E-state index is 9.68. The highest BCUT2D eigenvalue weighted by Crippen LogP contribution is 2.19. The lowest BCUT2D eigenvalue weighted by molar-refractivity contribution is -0.254. The summed E-state index contributed by atoms with van der Waals surface area (Å²) in [6.07, 6.45) is -4.29. The fraction of sp³-hybridized carbons (Fsp3) is 1.00. The highest BCUT2D eigenvalue weighted by atomic mass is 16.6. The minimum atomic E-state index is -1.30. The van der Waals surface area contributed by atoms with Crippen LogP contribution >= 0.6 is 0 Å². The summed E-state index contributed by atoms with van der Waals surface area (Å²) in [5, 5.41) is 48.9. The van der Waals surface area contributed by atoms with Gasteiger partial charge in [0.2, 0.25) is 0 Å². The maximum Gasteiger partial charge on any atom is 0.173 e. The molecule has 1 saturated heterocycles. The van der Waals surface area contributed by atoms with Gasteiger partial charge in [-0.25, -0.2) is 0 Å². The molecule has 0 aromatic rings. The smallest absolute Gasteiger partial charge is 0.173 e. The van der Waals surface area contributed by atoms with Crippen LogP contribution in [0.25, 0.3) is 0 Å². The van der Waals surface area contributed by atoms with Crippen molar-refractivity contribution in [2.75, 3.05) is 19.8 Å². The van der Waals surface area contributed by atoms with E-state index in [1.54, 1.807) is 0 Å². The molecule has 16 heavy (non-hydrogen) atoms. The predicted octanol–water partition coefficient (Wildman–Crippen LogP) is -3.24. The van der Waals surface area contributed by atoms with Gasteiger partial charge in [-0.1, -0.05) is 0 Å². The van der Waals surface area contributed by atoms with Crippen molar-refractivity contribution < 1.29 is 30.3 Å². The number of aliphatic hydroxyl groups excluding tert-OH is 5. The third kappa shape index (κ3) is 3.11. The fourth-order valence-electron chi connectivity index (χ4n) is 1.67. The molecule has 0 unspecified atom stereocenters. The second-order valence-corrected chi connectivity index (χ2v) is 3.79. The van der Waals surface area contributed by atoms with Gasteiger partial charge in [-0.3, -0.25) is 0 Å². The molecule has 0 bridgehead atoms. The summed E-state index contributed by atoms with van der Waals surface area (Å²) in [5.41, 5.74) is 0. The van der Waals surface area contributed by atoms with Crippen LogP contribution in [0.3, 0.4) is 0 Å². The first-order valence-electron chi connectivity index (χ1n) is 5.26. The van der Waals surface area contributed by atoms with Gasteiger partial charge in [0.25, 0.3) is 0 Å². The molecule has 1 fully saturated rings. The lowest BCUT2D eigenvalue weighted by atomic mass is 9.97. The Morgan fingerprint density at radius 1 is 1.06 bits per heavy atom. The average Bonchev–Trinajstić information content (AvgIpc) is 2.28. The van der Waals surface area contributed by atoms with Crippen LogP contribution < -0.4 is 5.32 Å². The van der Waals surface area contributed by atoms with Crippen molar-refractivity contribution in [3.8, 4) is 0 Å². The van der Waals surface area contributed by atoms with Crippen molar-refractivity contribution in [3.63, 3.8) is 0 Å². The Labute approximate surface area is 93.3 Å². The van der Waals surface area contributed by atoms with E-state index < -0.39 is 37.3 Å². The van der Waals surface area contributed by atoms with E-state index in [-0.39, 0.29) is 6.61 Å². The number of rotatable bonds is 5. The van der Waals surface area contributed by atoms with E-state index in [2.05, 4.69) is 5.32 Å². The molecule has 1 rings (SSSR count). The van der Waals surface area contributed by atoms with Crippen LogP contribution in [0.2, 0.25) is 0 Å². The van der Waals surface area contributed by atoms with E-state index in [4.69, 9.17) is 14.9 Å². The number of ether oxygens (including phenoxy) is 1. The van der Waals surface area contributed by atoms with Gasteiger partial charge in [0, 0.05) is 6.61 Å². The Balaban J connectivity index is 2.50. The molecule has 0 amide bonds. The summed E-state index contributed by atoms with van der Waals surface area (Å²) in [7, 11) is 0.